The van der Waals surface area contributed by atoms with Gasteiger partial charge < -0.3 is 20.8 Å². The summed E-state index contributed by atoms with van der Waals surface area (Å²) in [5, 5.41) is 20.8. The minimum atomic E-state index is -3.76. The van der Waals surface area contributed by atoms with Gasteiger partial charge in [-0.2, -0.15) is 0 Å². The number of aromatic hydroxyl groups is 2. The Balaban J connectivity index is 1.99. The van der Waals surface area contributed by atoms with Crippen molar-refractivity contribution in [3.63, 3.8) is 0 Å². The predicted octanol–water partition coefficient (Wildman–Crippen LogP) is 3.30. The van der Waals surface area contributed by atoms with E-state index >= 15 is 0 Å². The van der Waals surface area contributed by atoms with Crippen LogP contribution in [0.3, 0.4) is 0 Å². The molecule has 5 N–H and O–H groups in total. The zero-order valence-electron chi connectivity index (χ0n) is 18.4. The van der Waals surface area contributed by atoms with E-state index in [9.17, 15) is 23.4 Å². The Kier molecular flexibility index (Phi) is 7.25. The summed E-state index contributed by atoms with van der Waals surface area (Å²) < 4.78 is 25.5. The summed E-state index contributed by atoms with van der Waals surface area (Å²) in [5.41, 5.74) is 7.79. The third kappa shape index (κ3) is 5.63. The number of nitrogens with one attached hydrogen (secondary N) is 1. The van der Waals surface area contributed by atoms with Crippen LogP contribution in [0.15, 0.2) is 66.7 Å². The van der Waals surface area contributed by atoms with Gasteiger partial charge in [-0.1, -0.05) is 48.5 Å². The van der Waals surface area contributed by atoms with Gasteiger partial charge in [-0.15, -0.1) is 0 Å². The lowest BCUT2D eigenvalue weighted by atomic mass is 9.96. The van der Waals surface area contributed by atoms with Crippen LogP contribution in [0.2, 0.25) is 0 Å². The second-order valence-corrected chi connectivity index (χ2v) is 9.39. The van der Waals surface area contributed by atoms with Crippen molar-refractivity contribution in [3.05, 3.63) is 77.9 Å². The number of benzene rings is 3. The van der Waals surface area contributed by atoms with Crippen LogP contribution >= 0.6 is 0 Å². The zero-order chi connectivity index (χ0) is 24.2. The Labute approximate surface area is 193 Å². The number of amides is 1. The van der Waals surface area contributed by atoms with Gasteiger partial charge in [0.2, 0.25) is 10.0 Å². The third-order valence-corrected chi connectivity index (χ3v) is 5.78. The number of likely N-dealkylation sites (N-methyl/N-ethyl adjacent to an activating group) is 1. The Morgan fingerprint density at radius 1 is 1.00 bits per heavy atom. The van der Waals surface area contributed by atoms with Gasteiger partial charge in [0.1, 0.15) is 11.4 Å². The number of hydrogen-bond donors (Lipinski definition) is 4. The van der Waals surface area contributed by atoms with Gasteiger partial charge >= 0.3 is 0 Å². The van der Waals surface area contributed by atoms with Gasteiger partial charge in [0.15, 0.2) is 5.75 Å². The number of carbonyl (C=O) groups is 1. The summed E-state index contributed by atoms with van der Waals surface area (Å²) in [6.07, 6.45) is 0.908. The molecule has 1 amide bonds. The molecule has 0 spiro atoms. The summed E-state index contributed by atoms with van der Waals surface area (Å²) in [4.78, 5) is 15.1. The average molecular weight is 470 g/mol. The third-order valence-electron chi connectivity index (χ3n) is 5.20. The van der Waals surface area contributed by atoms with Gasteiger partial charge in [0, 0.05) is 30.3 Å². The molecular formula is C24H27N3O5S. The van der Waals surface area contributed by atoms with Gasteiger partial charge in [-0.25, -0.2) is 8.42 Å². The Bertz CT molecular complexity index is 1250. The summed E-state index contributed by atoms with van der Waals surface area (Å²) in [6.45, 7) is 2.55. The quantitative estimate of drug-likeness (QED) is 0.374. The molecule has 0 aliphatic carbocycles. The normalized spacial score (nSPS) is 12.2. The highest BCUT2D eigenvalue weighted by molar-refractivity contribution is 7.92. The van der Waals surface area contributed by atoms with Crippen LogP contribution in [-0.4, -0.2) is 48.8 Å². The molecular weight excluding hydrogens is 442 g/mol. The van der Waals surface area contributed by atoms with Crippen molar-refractivity contribution in [2.24, 2.45) is 5.73 Å². The van der Waals surface area contributed by atoms with Crippen LogP contribution in [0.25, 0.3) is 11.1 Å². The van der Waals surface area contributed by atoms with Crippen LogP contribution in [0.5, 0.6) is 11.5 Å². The van der Waals surface area contributed by atoms with Crippen molar-refractivity contribution in [3.8, 4) is 22.6 Å². The van der Waals surface area contributed by atoms with Crippen LogP contribution in [0.1, 0.15) is 28.9 Å². The molecule has 1 unspecified atom stereocenters. The van der Waals surface area contributed by atoms with Crippen molar-refractivity contribution in [1.29, 1.82) is 0 Å². The van der Waals surface area contributed by atoms with E-state index in [-0.39, 0.29) is 29.7 Å². The molecule has 0 saturated carbocycles. The number of phenolic OH excluding ortho intramolecular Hbond substituents is 2. The van der Waals surface area contributed by atoms with Crippen LogP contribution < -0.4 is 10.5 Å². The lowest BCUT2D eigenvalue weighted by Gasteiger charge is -2.26. The van der Waals surface area contributed by atoms with Gasteiger partial charge in [0.25, 0.3) is 5.91 Å². The molecule has 174 valence electrons. The maximum absolute atomic E-state index is 13.5. The molecule has 0 radical (unpaired) electrons. The number of sulfonamides is 1. The average Bonchev–Trinajstić information content (AvgIpc) is 2.79. The lowest BCUT2D eigenvalue weighted by molar-refractivity contribution is 0.0755. The van der Waals surface area contributed by atoms with E-state index in [2.05, 4.69) is 4.72 Å². The number of phenols is 2. The van der Waals surface area contributed by atoms with Crippen molar-refractivity contribution in [2.75, 3.05) is 24.1 Å². The first-order valence-electron chi connectivity index (χ1n) is 10.3. The zero-order valence-corrected chi connectivity index (χ0v) is 19.2. The smallest absolute Gasteiger partial charge is 0.254 e. The first-order valence-corrected chi connectivity index (χ1v) is 12.2. The molecule has 0 aliphatic heterocycles. The van der Waals surface area contributed by atoms with E-state index < -0.39 is 21.5 Å². The lowest BCUT2D eigenvalue weighted by Crippen LogP contribution is -2.37. The SMILES string of the molecule is CCN(CC(N)c1ccccc1)C(=O)c1ccccc1-c1ccc(O)c(NS(C)(=O)=O)c1O. The molecule has 33 heavy (non-hydrogen) atoms. The van der Waals surface area contributed by atoms with E-state index in [0.29, 0.717) is 17.7 Å². The number of rotatable bonds is 8. The Morgan fingerprint density at radius 3 is 2.27 bits per heavy atom. The molecule has 0 fully saturated rings. The highest BCUT2D eigenvalue weighted by Gasteiger charge is 2.24. The minimum Gasteiger partial charge on any atom is -0.506 e. The van der Waals surface area contributed by atoms with Crippen LogP contribution in [0, 0.1) is 0 Å². The molecule has 3 aromatic carbocycles. The molecule has 0 bridgehead atoms. The first kappa shape index (κ1) is 24.1. The van der Waals surface area contributed by atoms with E-state index in [0.717, 1.165) is 11.8 Å². The van der Waals surface area contributed by atoms with Crippen LogP contribution in [0.4, 0.5) is 5.69 Å². The number of anilines is 1. The summed E-state index contributed by atoms with van der Waals surface area (Å²) in [7, 11) is -3.76. The van der Waals surface area contributed by atoms with Crippen LogP contribution in [-0.2, 0) is 10.0 Å². The van der Waals surface area contributed by atoms with E-state index in [1.165, 1.54) is 12.1 Å². The maximum atomic E-state index is 13.5. The van der Waals surface area contributed by atoms with Crippen molar-refractivity contribution in [2.45, 2.75) is 13.0 Å². The fraction of sp³-hybridized carbons (Fsp3) is 0.208. The molecule has 3 aromatic rings. The molecule has 9 heteroatoms. The molecule has 8 nitrogen and oxygen atoms in total. The van der Waals surface area contributed by atoms with Crippen molar-refractivity contribution in [1.82, 2.24) is 4.90 Å². The second kappa shape index (κ2) is 9.93. The van der Waals surface area contributed by atoms with Crippen molar-refractivity contribution >= 4 is 21.6 Å². The standard InChI is InChI=1S/C24H27N3O5S/c1-3-27(15-20(25)16-9-5-4-6-10-16)24(30)19-12-8-7-11-17(19)18-13-14-21(28)22(23(18)29)26-33(2,31)32/h4-14,20,26,28-29H,3,15,25H2,1-2H3. The Morgan fingerprint density at radius 2 is 1.64 bits per heavy atom. The van der Waals surface area contributed by atoms with E-state index in [1.54, 1.807) is 29.2 Å². The van der Waals surface area contributed by atoms with Crippen molar-refractivity contribution < 1.29 is 23.4 Å². The highest BCUT2D eigenvalue weighted by atomic mass is 32.2. The topological polar surface area (TPSA) is 133 Å². The number of nitrogens with zero attached hydrogens (tertiary/aromatic N) is 1. The molecule has 3 rings (SSSR count). The van der Waals surface area contributed by atoms with Gasteiger partial charge in [0.05, 0.1) is 6.26 Å². The monoisotopic (exact) mass is 469 g/mol. The van der Waals surface area contributed by atoms with E-state index in [1.807, 2.05) is 37.3 Å². The van der Waals surface area contributed by atoms with Gasteiger partial charge in [-0.05, 0) is 36.2 Å². The summed E-state index contributed by atoms with van der Waals surface area (Å²) in [5.74, 6) is -1.20. The number of nitrogens with two attached hydrogens (primary N) is 1. The maximum Gasteiger partial charge on any atom is 0.254 e. The molecule has 0 aliphatic rings. The van der Waals surface area contributed by atoms with Gasteiger partial charge in [-0.3, -0.25) is 9.52 Å². The molecule has 0 saturated heterocycles. The summed E-state index contributed by atoms with van der Waals surface area (Å²) >= 11 is 0. The van der Waals surface area contributed by atoms with E-state index in [4.69, 9.17) is 5.73 Å². The second-order valence-electron chi connectivity index (χ2n) is 7.64. The highest BCUT2D eigenvalue weighted by Crippen LogP contribution is 2.42. The number of hydrogen-bond acceptors (Lipinski definition) is 6. The molecule has 0 heterocycles. The molecule has 0 aromatic heterocycles. The first-order chi connectivity index (χ1) is 15.6. The molecule has 1 atom stereocenters. The largest absolute Gasteiger partial charge is 0.506 e. The fourth-order valence-electron chi connectivity index (χ4n) is 3.56. The number of carbonyl (C=O) groups excluding carboxylic acids is 1. The Hall–Kier alpha value is -3.56. The minimum absolute atomic E-state index is 0.200. The fourth-order valence-corrected chi connectivity index (χ4v) is 4.13. The summed E-state index contributed by atoms with van der Waals surface area (Å²) in [6, 6.07) is 18.5. The predicted molar refractivity (Wildman–Crippen MR) is 129 cm³/mol.